The van der Waals surface area contributed by atoms with E-state index in [1.165, 1.54) is 34.8 Å². The molecule has 2 aromatic heterocycles. The Kier molecular flexibility index (Phi) is 5.14. The molecular formula is C22H18FN5O3S. The number of rotatable bonds is 5. The molecule has 5 rings (SSSR count). The first kappa shape index (κ1) is 20.3. The van der Waals surface area contributed by atoms with Gasteiger partial charge in [-0.25, -0.2) is 14.1 Å². The predicted molar refractivity (Wildman–Crippen MR) is 119 cm³/mol. The Balaban J connectivity index is 1.41. The van der Waals surface area contributed by atoms with Crippen molar-refractivity contribution < 1.29 is 13.9 Å². The molecule has 32 heavy (non-hydrogen) atoms. The van der Waals surface area contributed by atoms with Gasteiger partial charge in [-0.1, -0.05) is 11.8 Å². The predicted octanol–water partition coefficient (Wildman–Crippen LogP) is 3.41. The van der Waals surface area contributed by atoms with Gasteiger partial charge in [-0.3, -0.25) is 14.2 Å². The second-order valence-corrected chi connectivity index (χ2v) is 8.27. The molecule has 0 saturated carbocycles. The number of hydrogen-bond donors (Lipinski definition) is 1. The molecule has 0 aliphatic carbocycles. The maximum Gasteiger partial charge on any atom is 0.265 e. The molecule has 2 aromatic carbocycles. The van der Waals surface area contributed by atoms with Gasteiger partial charge in [-0.2, -0.15) is 5.10 Å². The molecule has 3 heterocycles. The van der Waals surface area contributed by atoms with E-state index in [0.717, 1.165) is 0 Å². The highest BCUT2D eigenvalue weighted by molar-refractivity contribution is 7.99. The van der Waals surface area contributed by atoms with E-state index in [-0.39, 0.29) is 29.7 Å². The maximum atomic E-state index is 13.3. The quantitative estimate of drug-likeness (QED) is 0.468. The number of nitrogens with one attached hydrogen (secondary N) is 1. The molecule has 0 spiro atoms. The van der Waals surface area contributed by atoms with Crippen LogP contribution in [0.15, 0.2) is 64.7 Å². The van der Waals surface area contributed by atoms with E-state index in [9.17, 15) is 14.0 Å². The zero-order valence-electron chi connectivity index (χ0n) is 17.0. The maximum absolute atomic E-state index is 13.3. The monoisotopic (exact) mass is 451 g/mol. The normalized spacial score (nSPS) is 15.0. The molecule has 0 saturated heterocycles. The number of anilines is 1. The molecule has 0 radical (unpaired) electrons. The number of carbonyl (C=O) groups is 1. The molecule has 1 unspecified atom stereocenters. The molecule has 1 N–H and O–H groups in total. The Morgan fingerprint density at radius 3 is 2.69 bits per heavy atom. The van der Waals surface area contributed by atoms with E-state index in [4.69, 9.17) is 4.74 Å². The fraction of sp³-hybridized carbons (Fsp3) is 0.182. The second-order valence-electron chi connectivity index (χ2n) is 7.29. The zero-order chi connectivity index (χ0) is 22.2. The van der Waals surface area contributed by atoms with E-state index in [1.54, 1.807) is 48.1 Å². The van der Waals surface area contributed by atoms with Crippen LogP contribution in [0.25, 0.3) is 16.7 Å². The van der Waals surface area contributed by atoms with E-state index in [0.29, 0.717) is 39.1 Å². The molecule has 1 atom stereocenters. The van der Waals surface area contributed by atoms with Crippen LogP contribution in [0.3, 0.4) is 0 Å². The van der Waals surface area contributed by atoms with Crippen molar-refractivity contribution >= 4 is 34.4 Å². The summed E-state index contributed by atoms with van der Waals surface area (Å²) < 4.78 is 21.5. The second kappa shape index (κ2) is 8.12. The third kappa shape index (κ3) is 3.62. The van der Waals surface area contributed by atoms with Crippen LogP contribution in [0, 0.1) is 5.82 Å². The van der Waals surface area contributed by atoms with Crippen LogP contribution in [0.1, 0.15) is 12.5 Å². The number of halogens is 1. The smallest absolute Gasteiger partial charge is 0.265 e. The number of benzene rings is 2. The van der Waals surface area contributed by atoms with Gasteiger partial charge in [0.15, 0.2) is 10.8 Å². The first-order chi connectivity index (χ1) is 15.5. The van der Waals surface area contributed by atoms with Crippen molar-refractivity contribution in [2.45, 2.75) is 17.6 Å². The number of amides is 1. The molecule has 10 heteroatoms. The summed E-state index contributed by atoms with van der Waals surface area (Å²) in [6, 6.07) is 12.5. The van der Waals surface area contributed by atoms with Crippen molar-refractivity contribution in [2.24, 2.45) is 0 Å². The van der Waals surface area contributed by atoms with Crippen LogP contribution in [0.5, 0.6) is 5.75 Å². The van der Waals surface area contributed by atoms with Gasteiger partial charge in [0.05, 0.1) is 25.0 Å². The highest BCUT2D eigenvalue weighted by atomic mass is 32.2. The van der Waals surface area contributed by atoms with Crippen molar-refractivity contribution in [1.82, 2.24) is 19.3 Å². The number of carbonyl (C=O) groups excluding carboxylic acids is 1. The molecular weight excluding hydrogens is 433 g/mol. The fourth-order valence-corrected chi connectivity index (χ4v) is 4.78. The van der Waals surface area contributed by atoms with Crippen molar-refractivity contribution in [2.75, 3.05) is 18.2 Å². The van der Waals surface area contributed by atoms with Crippen molar-refractivity contribution in [3.63, 3.8) is 0 Å². The lowest BCUT2D eigenvalue weighted by molar-refractivity contribution is -0.116. The number of hydrogen-bond acceptors (Lipinski definition) is 6. The van der Waals surface area contributed by atoms with Crippen LogP contribution in [-0.2, 0) is 4.79 Å². The minimum Gasteiger partial charge on any atom is -0.497 e. The summed E-state index contributed by atoms with van der Waals surface area (Å²) in [6.07, 6.45) is 1.60. The summed E-state index contributed by atoms with van der Waals surface area (Å²) in [6.45, 7) is 0. The zero-order valence-corrected chi connectivity index (χ0v) is 17.8. The summed E-state index contributed by atoms with van der Waals surface area (Å²) in [5.41, 5.74) is 1.43. The van der Waals surface area contributed by atoms with Crippen molar-refractivity contribution in [1.29, 1.82) is 0 Å². The lowest BCUT2D eigenvalue weighted by Gasteiger charge is -2.13. The number of ether oxygens (including phenoxy) is 1. The average molecular weight is 451 g/mol. The van der Waals surface area contributed by atoms with Crippen LogP contribution < -0.4 is 15.6 Å². The van der Waals surface area contributed by atoms with Gasteiger partial charge in [0.25, 0.3) is 5.56 Å². The Labute approximate surface area is 186 Å². The van der Waals surface area contributed by atoms with E-state index < -0.39 is 0 Å². The Hall–Kier alpha value is -3.66. The first-order valence-electron chi connectivity index (χ1n) is 9.86. The summed E-state index contributed by atoms with van der Waals surface area (Å²) in [4.78, 5) is 30.4. The van der Waals surface area contributed by atoms with Gasteiger partial charge in [-0.05, 0) is 48.5 Å². The number of fused-ring (bicyclic) bond motifs is 2. The molecule has 1 amide bonds. The minimum absolute atomic E-state index is 0.144. The molecule has 4 aromatic rings. The Morgan fingerprint density at radius 1 is 1.22 bits per heavy atom. The van der Waals surface area contributed by atoms with Crippen LogP contribution in [0.4, 0.5) is 10.1 Å². The van der Waals surface area contributed by atoms with Crippen molar-refractivity contribution in [3.05, 3.63) is 70.9 Å². The van der Waals surface area contributed by atoms with Gasteiger partial charge in [0.1, 0.15) is 17.0 Å². The number of aromatic nitrogens is 4. The fourth-order valence-electron chi connectivity index (χ4n) is 3.65. The molecule has 1 aliphatic heterocycles. The van der Waals surface area contributed by atoms with Gasteiger partial charge >= 0.3 is 0 Å². The summed E-state index contributed by atoms with van der Waals surface area (Å²) in [5, 5.41) is 8.01. The summed E-state index contributed by atoms with van der Waals surface area (Å²) in [7, 11) is 1.58. The number of nitrogens with zero attached hydrogens (tertiary/aromatic N) is 4. The lowest BCUT2D eigenvalue weighted by Crippen LogP contribution is -2.27. The SMILES string of the molecule is COc1ccc(NC(=O)CC2CSc3nc4c(cnn4-c4ccc(F)cc4)c(=O)n32)cc1. The Bertz CT molecular complexity index is 1370. The molecule has 1 aliphatic rings. The minimum atomic E-state index is -0.356. The summed E-state index contributed by atoms with van der Waals surface area (Å²) >= 11 is 1.42. The van der Waals surface area contributed by atoms with Gasteiger partial charge in [0.2, 0.25) is 5.91 Å². The van der Waals surface area contributed by atoms with Crippen LogP contribution >= 0.6 is 11.8 Å². The van der Waals surface area contributed by atoms with Crippen LogP contribution in [-0.4, -0.2) is 38.1 Å². The first-order valence-corrected chi connectivity index (χ1v) is 10.8. The van der Waals surface area contributed by atoms with Crippen molar-refractivity contribution in [3.8, 4) is 11.4 Å². The van der Waals surface area contributed by atoms with E-state index in [2.05, 4.69) is 15.4 Å². The molecule has 0 fully saturated rings. The number of methoxy groups -OCH3 is 1. The standard InChI is InChI=1S/C22H18FN5O3S/c1-31-17-8-4-14(5-9-17)25-19(29)10-16-12-32-22-26-20-18(21(30)27(16)22)11-24-28(20)15-6-2-13(23)3-7-15/h2-9,11,16H,10,12H2,1H3,(H,25,29). The van der Waals surface area contributed by atoms with Gasteiger partial charge in [0, 0.05) is 17.9 Å². The van der Waals surface area contributed by atoms with E-state index >= 15 is 0 Å². The molecule has 0 bridgehead atoms. The highest BCUT2D eigenvalue weighted by Gasteiger charge is 2.29. The summed E-state index contributed by atoms with van der Waals surface area (Å²) in [5.74, 6) is 0.717. The van der Waals surface area contributed by atoms with Gasteiger partial charge < -0.3 is 10.1 Å². The molecule has 8 nitrogen and oxygen atoms in total. The lowest BCUT2D eigenvalue weighted by atomic mass is 10.2. The number of thioether (sulfide) groups is 1. The van der Waals surface area contributed by atoms with E-state index in [1.807, 2.05) is 0 Å². The highest BCUT2D eigenvalue weighted by Crippen LogP contribution is 2.33. The van der Waals surface area contributed by atoms with Crippen LogP contribution in [0.2, 0.25) is 0 Å². The topological polar surface area (TPSA) is 91.0 Å². The Morgan fingerprint density at radius 2 is 1.97 bits per heavy atom. The molecule has 162 valence electrons. The third-order valence-corrected chi connectivity index (χ3v) is 6.33. The third-order valence-electron chi connectivity index (χ3n) is 5.24. The van der Waals surface area contributed by atoms with Gasteiger partial charge in [-0.15, -0.1) is 0 Å². The largest absolute Gasteiger partial charge is 0.497 e. The average Bonchev–Trinajstić information content (AvgIpc) is 3.40.